The van der Waals surface area contributed by atoms with Crippen LogP contribution in [0.2, 0.25) is 5.02 Å². The third kappa shape index (κ3) is 5.22. The van der Waals surface area contributed by atoms with Gasteiger partial charge in [-0.25, -0.2) is 4.98 Å². The van der Waals surface area contributed by atoms with E-state index in [4.69, 9.17) is 21.1 Å². The zero-order valence-electron chi connectivity index (χ0n) is 18.8. The van der Waals surface area contributed by atoms with Gasteiger partial charge in [0.2, 0.25) is 5.91 Å². The lowest BCUT2D eigenvalue weighted by atomic mass is 10.2. The molecule has 4 aromatic rings. The van der Waals surface area contributed by atoms with Gasteiger partial charge in [-0.05, 0) is 48.5 Å². The minimum absolute atomic E-state index is 0.0788. The minimum Gasteiger partial charge on any atom is -0.486 e. The Morgan fingerprint density at radius 3 is 2.57 bits per heavy atom. The maximum atomic E-state index is 12.9. The Bertz CT molecular complexity index is 1380. The number of amides is 2. The number of carbonyl (C=O) groups is 2. The van der Waals surface area contributed by atoms with Gasteiger partial charge in [0, 0.05) is 35.3 Å². The predicted octanol–water partition coefficient (Wildman–Crippen LogP) is 4.07. The third-order valence-corrected chi connectivity index (χ3v) is 5.85. The summed E-state index contributed by atoms with van der Waals surface area (Å²) in [6, 6.07) is 19.7. The van der Waals surface area contributed by atoms with Crippen molar-refractivity contribution in [2.75, 3.05) is 25.1 Å². The first-order valence-corrected chi connectivity index (χ1v) is 11.6. The maximum absolute atomic E-state index is 12.9. The smallest absolute Gasteiger partial charge is 0.251 e. The highest BCUT2D eigenvalue weighted by Gasteiger charge is 2.16. The first-order chi connectivity index (χ1) is 17.1. The maximum Gasteiger partial charge on any atom is 0.251 e. The lowest BCUT2D eigenvalue weighted by molar-refractivity contribution is -0.116. The molecule has 3 aromatic carbocycles. The number of hydrogen-bond donors (Lipinski definition) is 2. The van der Waals surface area contributed by atoms with Gasteiger partial charge in [0.15, 0.2) is 11.5 Å². The van der Waals surface area contributed by atoms with Crippen LogP contribution in [0.4, 0.5) is 5.69 Å². The molecular formula is C26H23ClN4O4. The summed E-state index contributed by atoms with van der Waals surface area (Å²) in [5.41, 5.74) is 2.80. The molecule has 0 aliphatic carbocycles. The Morgan fingerprint density at radius 1 is 0.971 bits per heavy atom. The van der Waals surface area contributed by atoms with Gasteiger partial charge in [-0.2, -0.15) is 0 Å². The second-order valence-electron chi connectivity index (χ2n) is 8.02. The Labute approximate surface area is 206 Å². The van der Waals surface area contributed by atoms with Crippen molar-refractivity contribution in [1.82, 2.24) is 14.9 Å². The molecule has 1 aromatic heterocycles. The standard InChI is InChI=1S/C26H23ClN4O4/c27-18-7-5-17(6-8-18)26(33)28-12-11-24-30-20-3-1-2-4-21(20)31(24)16-25(32)29-19-9-10-22-23(15-19)35-14-13-34-22/h1-10,15H,11-14,16H2,(H,28,33)(H,29,32). The minimum atomic E-state index is -0.198. The summed E-state index contributed by atoms with van der Waals surface area (Å²) < 4.78 is 13.0. The van der Waals surface area contributed by atoms with Gasteiger partial charge in [0.1, 0.15) is 25.6 Å². The summed E-state index contributed by atoms with van der Waals surface area (Å²) >= 11 is 5.89. The Kier molecular flexibility index (Phi) is 6.54. The number of carbonyl (C=O) groups excluding carboxylic acids is 2. The van der Waals surface area contributed by atoms with Crippen LogP contribution >= 0.6 is 11.6 Å². The van der Waals surface area contributed by atoms with Crippen LogP contribution in [0.3, 0.4) is 0 Å². The molecule has 2 heterocycles. The number of benzene rings is 3. The highest BCUT2D eigenvalue weighted by molar-refractivity contribution is 6.30. The quantitative estimate of drug-likeness (QED) is 0.407. The monoisotopic (exact) mass is 490 g/mol. The van der Waals surface area contributed by atoms with Crippen LogP contribution in [-0.2, 0) is 17.8 Å². The van der Waals surface area contributed by atoms with E-state index in [0.29, 0.717) is 59.8 Å². The molecule has 1 aliphatic heterocycles. The Hall–Kier alpha value is -4.04. The van der Waals surface area contributed by atoms with Gasteiger partial charge in [0.05, 0.1) is 11.0 Å². The van der Waals surface area contributed by atoms with Crippen molar-refractivity contribution in [3.63, 3.8) is 0 Å². The molecular weight excluding hydrogens is 468 g/mol. The van der Waals surface area contributed by atoms with Crippen molar-refractivity contribution < 1.29 is 19.1 Å². The molecule has 178 valence electrons. The lowest BCUT2D eigenvalue weighted by Gasteiger charge is -2.19. The van der Waals surface area contributed by atoms with Gasteiger partial charge in [-0.1, -0.05) is 23.7 Å². The summed E-state index contributed by atoms with van der Waals surface area (Å²) in [4.78, 5) is 30.0. The van der Waals surface area contributed by atoms with Crippen molar-refractivity contribution in [2.45, 2.75) is 13.0 Å². The van der Waals surface area contributed by atoms with E-state index in [1.807, 2.05) is 28.8 Å². The first-order valence-electron chi connectivity index (χ1n) is 11.2. The van der Waals surface area contributed by atoms with Crippen LogP contribution in [0, 0.1) is 0 Å². The van der Waals surface area contributed by atoms with Crippen molar-refractivity contribution in [3.05, 3.63) is 83.1 Å². The number of hydrogen-bond acceptors (Lipinski definition) is 5. The first kappa shape index (κ1) is 22.7. The van der Waals surface area contributed by atoms with E-state index in [9.17, 15) is 9.59 Å². The van der Waals surface area contributed by atoms with Crippen molar-refractivity contribution >= 4 is 40.1 Å². The molecule has 0 atom stereocenters. The number of halogens is 1. The SMILES string of the molecule is O=C(Cn1c(CCNC(=O)c2ccc(Cl)cc2)nc2ccccc21)Nc1ccc2c(c1)OCCO2. The van der Waals surface area contributed by atoms with Gasteiger partial charge >= 0.3 is 0 Å². The summed E-state index contributed by atoms with van der Waals surface area (Å²) in [5.74, 6) is 1.59. The molecule has 2 N–H and O–H groups in total. The highest BCUT2D eigenvalue weighted by Crippen LogP contribution is 2.32. The zero-order valence-corrected chi connectivity index (χ0v) is 19.5. The molecule has 5 rings (SSSR count). The molecule has 0 radical (unpaired) electrons. The number of ether oxygens (including phenoxy) is 2. The molecule has 0 spiro atoms. The molecule has 8 nitrogen and oxygen atoms in total. The topological polar surface area (TPSA) is 94.5 Å². The van der Waals surface area contributed by atoms with E-state index in [2.05, 4.69) is 15.6 Å². The number of para-hydroxylation sites is 2. The Balaban J connectivity index is 1.28. The number of imidazole rings is 1. The van der Waals surface area contributed by atoms with Gasteiger partial charge in [-0.15, -0.1) is 0 Å². The molecule has 0 saturated carbocycles. The normalized spacial score (nSPS) is 12.4. The van der Waals surface area contributed by atoms with Crippen LogP contribution in [0.1, 0.15) is 16.2 Å². The van der Waals surface area contributed by atoms with E-state index in [1.165, 1.54) is 0 Å². The number of nitrogens with one attached hydrogen (secondary N) is 2. The molecule has 9 heteroatoms. The van der Waals surface area contributed by atoms with Crippen molar-refractivity contribution in [2.24, 2.45) is 0 Å². The van der Waals surface area contributed by atoms with Crippen molar-refractivity contribution in [1.29, 1.82) is 0 Å². The van der Waals surface area contributed by atoms with E-state index >= 15 is 0 Å². The molecule has 2 amide bonds. The van der Waals surface area contributed by atoms with E-state index in [0.717, 1.165) is 11.0 Å². The molecule has 0 fully saturated rings. The summed E-state index contributed by atoms with van der Waals surface area (Å²) in [6.07, 6.45) is 0.464. The fourth-order valence-electron chi connectivity index (χ4n) is 3.95. The number of anilines is 1. The van der Waals surface area contributed by atoms with Crippen LogP contribution in [-0.4, -0.2) is 41.1 Å². The van der Waals surface area contributed by atoms with Crippen molar-refractivity contribution in [3.8, 4) is 11.5 Å². The predicted molar refractivity (Wildman–Crippen MR) is 133 cm³/mol. The van der Waals surface area contributed by atoms with Gasteiger partial charge in [-0.3, -0.25) is 9.59 Å². The zero-order chi connectivity index (χ0) is 24.2. The average molecular weight is 491 g/mol. The second-order valence-corrected chi connectivity index (χ2v) is 8.46. The number of rotatable bonds is 7. The summed E-state index contributed by atoms with van der Waals surface area (Å²) in [5, 5.41) is 6.39. The van der Waals surface area contributed by atoms with E-state index < -0.39 is 0 Å². The fourth-order valence-corrected chi connectivity index (χ4v) is 4.08. The average Bonchev–Trinajstić information content (AvgIpc) is 3.21. The number of nitrogens with zero attached hydrogens (tertiary/aromatic N) is 2. The van der Waals surface area contributed by atoms with E-state index in [1.54, 1.807) is 42.5 Å². The second kappa shape index (κ2) is 10.1. The molecule has 1 aliphatic rings. The molecule has 0 bridgehead atoms. The fraction of sp³-hybridized carbons (Fsp3) is 0.192. The number of fused-ring (bicyclic) bond motifs is 2. The lowest BCUT2D eigenvalue weighted by Crippen LogP contribution is -2.27. The van der Waals surface area contributed by atoms with Crippen LogP contribution < -0.4 is 20.1 Å². The van der Waals surface area contributed by atoms with Gasteiger partial charge < -0.3 is 24.7 Å². The van der Waals surface area contributed by atoms with Crippen LogP contribution in [0.15, 0.2) is 66.7 Å². The molecule has 0 unspecified atom stereocenters. The largest absolute Gasteiger partial charge is 0.486 e. The summed E-state index contributed by atoms with van der Waals surface area (Å²) in [7, 11) is 0. The highest BCUT2D eigenvalue weighted by atomic mass is 35.5. The Morgan fingerprint density at radius 2 is 1.74 bits per heavy atom. The van der Waals surface area contributed by atoms with E-state index in [-0.39, 0.29) is 18.4 Å². The van der Waals surface area contributed by atoms with Crippen LogP contribution in [0.25, 0.3) is 11.0 Å². The molecule has 0 saturated heterocycles. The van der Waals surface area contributed by atoms with Gasteiger partial charge in [0.25, 0.3) is 5.91 Å². The molecule has 35 heavy (non-hydrogen) atoms. The third-order valence-electron chi connectivity index (χ3n) is 5.60. The number of aromatic nitrogens is 2. The van der Waals surface area contributed by atoms with Crippen LogP contribution in [0.5, 0.6) is 11.5 Å². The summed E-state index contributed by atoms with van der Waals surface area (Å²) in [6.45, 7) is 1.43.